The molecule has 1 aromatic heterocycles. The van der Waals surface area contributed by atoms with Crippen molar-refractivity contribution in [1.82, 2.24) is 14.9 Å². The van der Waals surface area contributed by atoms with Crippen molar-refractivity contribution < 1.29 is 14.6 Å². The Hall–Kier alpha value is -4.51. The summed E-state index contributed by atoms with van der Waals surface area (Å²) in [4.78, 5) is 23.5. The topological polar surface area (TPSA) is 161 Å². The number of aryl methyl sites for hydroxylation is 2. The summed E-state index contributed by atoms with van der Waals surface area (Å²) in [6, 6.07) is 13.6. The lowest BCUT2D eigenvalue weighted by atomic mass is 10.0. The Kier molecular flexibility index (Phi) is 7.11. The van der Waals surface area contributed by atoms with Gasteiger partial charge in [-0.15, -0.1) is 0 Å². The smallest absolute Gasteiger partial charge is 0.242 e. The van der Waals surface area contributed by atoms with Crippen molar-refractivity contribution in [3.63, 3.8) is 0 Å². The number of aliphatic hydroxyl groups is 1. The maximum absolute atomic E-state index is 12.6. The number of amides is 1. The number of carbonyl (C=O) groups is 1. The number of aliphatic hydroxyl groups excluding tert-OH is 1. The fourth-order valence-electron chi connectivity index (χ4n) is 4.05. The van der Waals surface area contributed by atoms with E-state index in [0.717, 1.165) is 16.8 Å². The number of anilines is 2. The first kappa shape index (κ1) is 24.6. The van der Waals surface area contributed by atoms with E-state index in [1.807, 2.05) is 13.8 Å². The third-order valence-electron chi connectivity index (χ3n) is 5.91. The number of benzene rings is 2. The van der Waals surface area contributed by atoms with E-state index in [4.69, 9.17) is 15.7 Å². The zero-order valence-corrected chi connectivity index (χ0v) is 19.9. The molecule has 0 radical (unpaired) electrons. The van der Waals surface area contributed by atoms with Crippen LogP contribution in [0.5, 0.6) is 11.6 Å². The second-order valence-electron chi connectivity index (χ2n) is 8.54. The van der Waals surface area contributed by atoms with E-state index in [1.165, 1.54) is 0 Å². The minimum Gasteiger partial charge on any atom is -0.438 e. The van der Waals surface area contributed by atoms with E-state index < -0.39 is 12.6 Å². The van der Waals surface area contributed by atoms with E-state index >= 15 is 0 Å². The summed E-state index contributed by atoms with van der Waals surface area (Å²) in [6.07, 6.45) is 0.450. The molecular formula is C26H25N7O3. The minimum absolute atomic E-state index is 0.183. The molecule has 0 bridgehead atoms. The third kappa shape index (κ3) is 5.10. The van der Waals surface area contributed by atoms with Gasteiger partial charge in [-0.1, -0.05) is 0 Å². The molecule has 4 N–H and O–H groups in total. The fraction of sp³-hybridized carbons (Fsp3) is 0.269. The van der Waals surface area contributed by atoms with E-state index in [0.29, 0.717) is 47.0 Å². The van der Waals surface area contributed by atoms with Gasteiger partial charge in [0, 0.05) is 18.7 Å². The molecule has 36 heavy (non-hydrogen) atoms. The highest BCUT2D eigenvalue weighted by atomic mass is 16.5. The van der Waals surface area contributed by atoms with E-state index in [-0.39, 0.29) is 18.3 Å². The van der Waals surface area contributed by atoms with Crippen LogP contribution in [0.25, 0.3) is 0 Å². The largest absolute Gasteiger partial charge is 0.438 e. The molecule has 0 saturated carbocycles. The number of hydrogen-bond donors (Lipinski definition) is 3. The number of ether oxygens (including phenoxy) is 1. The molecular weight excluding hydrogens is 458 g/mol. The molecule has 2 aromatic carbocycles. The Morgan fingerprint density at radius 2 is 1.83 bits per heavy atom. The summed E-state index contributed by atoms with van der Waals surface area (Å²) in [7, 11) is 0. The Morgan fingerprint density at radius 3 is 2.44 bits per heavy atom. The minimum atomic E-state index is -1.00. The first-order valence-corrected chi connectivity index (χ1v) is 11.3. The van der Waals surface area contributed by atoms with Gasteiger partial charge in [0.15, 0.2) is 0 Å². The van der Waals surface area contributed by atoms with Crippen LogP contribution in [0, 0.1) is 36.5 Å². The Bertz CT molecular complexity index is 1370. The number of aromatic nitrogens is 2. The van der Waals surface area contributed by atoms with Gasteiger partial charge in [-0.2, -0.15) is 15.5 Å². The molecule has 3 aromatic rings. The molecule has 10 nitrogen and oxygen atoms in total. The van der Waals surface area contributed by atoms with Crippen LogP contribution in [-0.2, 0) is 17.8 Å². The van der Waals surface area contributed by atoms with Gasteiger partial charge in [-0.05, 0) is 61.4 Å². The van der Waals surface area contributed by atoms with Crippen molar-refractivity contribution >= 4 is 17.5 Å². The zero-order valence-electron chi connectivity index (χ0n) is 19.9. The van der Waals surface area contributed by atoms with Crippen LogP contribution in [0.2, 0.25) is 0 Å². The summed E-state index contributed by atoms with van der Waals surface area (Å²) in [5.74, 6) is 0.792. The summed E-state index contributed by atoms with van der Waals surface area (Å²) < 4.78 is 6.31. The summed E-state index contributed by atoms with van der Waals surface area (Å²) in [6.45, 7) is 3.83. The lowest BCUT2D eigenvalue weighted by Gasteiger charge is -2.31. The van der Waals surface area contributed by atoms with Crippen LogP contribution in [0.15, 0.2) is 36.4 Å². The van der Waals surface area contributed by atoms with Gasteiger partial charge in [-0.25, -0.2) is 4.98 Å². The molecule has 182 valence electrons. The van der Waals surface area contributed by atoms with Crippen molar-refractivity contribution in [1.29, 1.82) is 10.5 Å². The standard InChI is InChI=1S/C26H25N7O3/c1-15-9-18(12-28)10-16(2)23(15)36-24-20-13-33(25(35)21(29)14-34)8-7-22(20)31-26(32-24)30-19-5-3-17(11-27)4-6-19/h3-6,9-10,21,34H,7-8,13-14,29H2,1-2H3,(H,30,31,32)/t21-/m1/s1. The molecule has 10 heteroatoms. The molecule has 0 saturated heterocycles. The van der Waals surface area contributed by atoms with Gasteiger partial charge >= 0.3 is 0 Å². The van der Waals surface area contributed by atoms with E-state index in [2.05, 4.69) is 27.4 Å². The van der Waals surface area contributed by atoms with Crippen LogP contribution < -0.4 is 15.8 Å². The van der Waals surface area contributed by atoms with E-state index in [9.17, 15) is 15.2 Å². The highest BCUT2D eigenvalue weighted by Crippen LogP contribution is 2.35. The fourth-order valence-corrected chi connectivity index (χ4v) is 4.05. The van der Waals surface area contributed by atoms with Crippen LogP contribution in [-0.4, -0.2) is 45.1 Å². The molecule has 2 heterocycles. The molecule has 0 spiro atoms. The molecule has 0 unspecified atom stereocenters. The van der Waals surface area contributed by atoms with Crippen molar-refractivity contribution in [3.8, 4) is 23.8 Å². The summed E-state index contributed by atoms with van der Waals surface area (Å²) in [5, 5.41) is 30.8. The van der Waals surface area contributed by atoms with Crippen LogP contribution in [0.3, 0.4) is 0 Å². The van der Waals surface area contributed by atoms with Crippen LogP contribution in [0.1, 0.15) is 33.5 Å². The van der Waals surface area contributed by atoms with Crippen molar-refractivity contribution in [2.45, 2.75) is 32.9 Å². The number of nitrogens with one attached hydrogen (secondary N) is 1. The number of nitrogens with zero attached hydrogens (tertiary/aromatic N) is 5. The average Bonchev–Trinajstić information content (AvgIpc) is 2.89. The molecule has 4 rings (SSSR count). The maximum atomic E-state index is 12.6. The SMILES string of the molecule is Cc1cc(C#N)cc(C)c1Oc1nc(Nc2ccc(C#N)cc2)nc2c1CN(C(=O)[C@H](N)CO)CC2. The number of hydrogen-bond acceptors (Lipinski definition) is 9. The van der Waals surface area contributed by atoms with Crippen molar-refractivity contribution in [3.05, 3.63) is 69.9 Å². The number of nitriles is 2. The molecule has 1 aliphatic rings. The van der Waals surface area contributed by atoms with E-state index in [1.54, 1.807) is 41.3 Å². The highest BCUT2D eigenvalue weighted by molar-refractivity contribution is 5.82. The quantitative estimate of drug-likeness (QED) is 0.478. The van der Waals surface area contributed by atoms with Crippen LogP contribution in [0.4, 0.5) is 11.6 Å². The Balaban J connectivity index is 1.74. The molecule has 1 amide bonds. The number of fused-ring (bicyclic) bond motifs is 1. The lowest BCUT2D eigenvalue weighted by Crippen LogP contribution is -2.47. The first-order valence-electron chi connectivity index (χ1n) is 11.3. The van der Waals surface area contributed by atoms with Gasteiger partial charge in [0.05, 0.1) is 47.7 Å². The monoisotopic (exact) mass is 483 g/mol. The predicted octanol–water partition coefficient (Wildman–Crippen LogP) is 2.58. The average molecular weight is 484 g/mol. The molecule has 0 aliphatic carbocycles. The summed E-state index contributed by atoms with van der Waals surface area (Å²) in [5.41, 5.74) is 10.4. The lowest BCUT2D eigenvalue weighted by molar-refractivity contribution is -0.134. The second-order valence-corrected chi connectivity index (χ2v) is 8.54. The van der Waals surface area contributed by atoms with Crippen molar-refractivity contribution in [2.24, 2.45) is 5.73 Å². The number of nitrogens with two attached hydrogens (primary N) is 1. The summed E-state index contributed by atoms with van der Waals surface area (Å²) >= 11 is 0. The van der Waals surface area contributed by atoms with Gasteiger partial charge in [0.25, 0.3) is 0 Å². The highest BCUT2D eigenvalue weighted by Gasteiger charge is 2.29. The van der Waals surface area contributed by atoms with Crippen LogP contribution >= 0.6 is 0 Å². The maximum Gasteiger partial charge on any atom is 0.242 e. The third-order valence-corrected chi connectivity index (χ3v) is 5.91. The Labute approximate surface area is 208 Å². The first-order chi connectivity index (χ1) is 17.3. The van der Waals surface area contributed by atoms with Gasteiger partial charge in [-0.3, -0.25) is 4.79 Å². The molecule has 1 aliphatic heterocycles. The van der Waals surface area contributed by atoms with Gasteiger partial charge in [0.1, 0.15) is 11.8 Å². The van der Waals surface area contributed by atoms with Gasteiger partial charge < -0.3 is 25.8 Å². The molecule has 0 fully saturated rings. The van der Waals surface area contributed by atoms with Crippen molar-refractivity contribution in [2.75, 3.05) is 18.5 Å². The van der Waals surface area contributed by atoms with Gasteiger partial charge in [0.2, 0.25) is 17.7 Å². The molecule has 1 atom stereocenters. The zero-order chi connectivity index (χ0) is 25.8. The number of carbonyl (C=O) groups excluding carboxylic acids is 1. The normalized spacial score (nSPS) is 13.2. The second kappa shape index (κ2) is 10.4. The number of rotatable bonds is 6. The predicted molar refractivity (Wildman–Crippen MR) is 131 cm³/mol. The Morgan fingerprint density at radius 1 is 1.17 bits per heavy atom.